The number of halogens is 2. The van der Waals surface area contributed by atoms with E-state index in [1.165, 1.54) is 17.9 Å². The van der Waals surface area contributed by atoms with Crippen LogP contribution in [0.15, 0.2) is 66.7 Å². The third kappa shape index (κ3) is 8.37. The molecule has 0 saturated carbocycles. The van der Waals surface area contributed by atoms with E-state index in [0.717, 1.165) is 9.87 Å². The highest BCUT2D eigenvalue weighted by atomic mass is 35.5. The van der Waals surface area contributed by atoms with E-state index < -0.39 is 40.0 Å². The molecule has 0 radical (unpaired) electrons. The van der Waals surface area contributed by atoms with Gasteiger partial charge >= 0.3 is 0 Å². The first-order valence-corrected chi connectivity index (χ1v) is 16.6. The predicted molar refractivity (Wildman–Crippen MR) is 173 cm³/mol. The van der Waals surface area contributed by atoms with Crippen LogP contribution in [-0.2, 0) is 32.6 Å². The van der Waals surface area contributed by atoms with Crippen molar-refractivity contribution in [1.29, 1.82) is 0 Å². The number of carbonyl (C=O) groups is 2. The molecule has 1 atom stereocenters. The zero-order chi connectivity index (χ0) is 32.1. The summed E-state index contributed by atoms with van der Waals surface area (Å²) in [5.41, 5.74) is 0.884. The number of nitrogens with one attached hydrogen (secondary N) is 1. The Hall–Kier alpha value is -3.47. The van der Waals surface area contributed by atoms with Gasteiger partial charge in [-0.15, -0.1) is 0 Å². The van der Waals surface area contributed by atoms with Crippen molar-refractivity contribution in [3.63, 3.8) is 0 Å². The molecule has 1 aliphatic heterocycles. The normalized spacial score (nSPS) is 13.6. The third-order valence-electron chi connectivity index (χ3n) is 6.95. The van der Waals surface area contributed by atoms with E-state index in [1.807, 2.05) is 51.1 Å². The molecule has 3 aromatic rings. The quantitative estimate of drug-likeness (QED) is 0.292. The maximum atomic E-state index is 14.4. The lowest BCUT2D eigenvalue weighted by Gasteiger charge is -2.35. The molecule has 0 saturated heterocycles. The summed E-state index contributed by atoms with van der Waals surface area (Å²) in [7, 11) is -3.95. The molecule has 1 N–H and O–H groups in total. The fourth-order valence-corrected chi connectivity index (χ4v) is 6.34. The van der Waals surface area contributed by atoms with Gasteiger partial charge in [-0.3, -0.25) is 13.9 Å². The number of carbonyl (C=O) groups excluding carboxylic acids is 2. The minimum Gasteiger partial charge on any atom is -0.486 e. The molecule has 2 amide bonds. The lowest BCUT2D eigenvalue weighted by molar-refractivity contribution is -0.140. The van der Waals surface area contributed by atoms with Crippen molar-refractivity contribution in [2.75, 3.05) is 29.8 Å². The van der Waals surface area contributed by atoms with Crippen molar-refractivity contribution in [1.82, 2.24) is 10.2 Å². The maximum absolute atomic E-state index is 14.4. The van der Waals surface area contributed by atoms with E-state index in [0.29, 0.717) is 40.3 Å². The molecule has 0 aliphatic carbocycles. The van der Waals surface area contributed by atoms with Gasteiger partial charge in [-0.25, -0.2) is 8.42 Å². The van der Waals surface area contributed by atoms with Crippen LogP contribution >= 0.6 is 23.2 Å². The first-order chi connectivity index (χ1) is 20.8. The smallest absolute Gasteiger partial charge is 0.244 e. The van der Waals surface area contributed by atoms with Crippen molar-refractivity contribution in [2.24, 2.45) is 0 Å². The van der Waals surface area contributed by atoms with Crippen LogP contribution in [-0.4, -0.2) is 62.2 Å². The van der Waals surface area contributed by atoms with Crippen LogP contribution in [0, 0.1) is 0 Å². The summed E-state index contributed by atoms with van der Waals surface area (Å²) in [5, 5.41) is 3.62. The van der Waals surface area contributed by atoms with E-state index in [-0.39, 0.29) is 24.4 Å². The average Bonchev–Trinajstić information content (AvgIpc) is 2.98. The van der Waals surface area contributed by atoms with Crippen LogP contribution in [0.4, 0.5) is 5.69 Å². The number of hydrogen-bond donors (Lipinski definition) is 1. The summed E-state index contributed by atoms with van der Waals surface area (Å²) in [4.78, 5) is 29.7. The fraction of sp³-hybridized carbons (Fsp3) is 0.375. The third-order valence-corrected chi connectivity index (χ3v) is 9.40. The number of anilines is 1. The van der Waals surface area contributed by atoms with Crippen molar-refractivity contribution in [3.8, 4) is 11.5 Å². The molecular formula is C32H37Cl2N3O6S. The lowest BCUT2D eigenvalue weighted by atomic mass is 10.0. The van der Waals surface area contributed by atoms with E-state index in [9.17, 15) is 18.0 Å². The van der Waals surface area contributed by atoms with Gasteiger partial charge in [0.05, 0.1) is 11.4 Å². The standard InChI is InChI=1S/C32H37Cl2N3O6S/c1-5-44(40,41)37(23-14-15-28-29(19-23)43-17-16-42-28)21-30(38)36(20-24-25(33)12-9-13-26(24)34)27(31(39)35-32(2,3)4)18-22-10-7-6-8-11-22/h6-15,19,27H,5,16-18,20-21H2,1-4H3,(H,35,39)/t27-/m1/s1. The van der Waals surface area contributed by atoms with Crippen molar-refractivity contribution >= 4 is 50.7 Å². The zero-order valence-corrected chi connectivity index (χ0v) is 27.5. The minimum absolute atomic E-state index is 0.131. The van der Waals surface area contributed by atoms with Crippen LogP contribution in [0.25, 0.3) is 0 Å². The molecule has 236 valence electrons. The van der Waals surface area contributed by atoms with Crippen LogP contribution < -0.4 is 19.1 Å². The van der Waals surface area contributed by atoms with Gasteiger partial charge in [-0.2, -0.15) is 0 Å². The Kier molecular flexibility index (Phi) is 10.7. The molecule has 0 bridgehead atoms. The zero-order valence-electron chi connectivity index (χ0n) is 25.2. The van der Waals surface area contributed by atoms with Crippen molar-refractivity contribution < 1.29 is 27.5 Å². The van der Waals surface area contributed by atoms with E-state index in [4.69, 9.17) is 32.7 Å². The van der Waals surface area contributed by atoms with Crippen LogP contribution in [0.1, 0.15) is 38.8 Å². The molecule has 44 heavy (non-hydrogen) atoms. The molecule has 0 fully saturated rings. The molecule has 4 rings (SSSR count). The van der Waals surface area contributed by atoms with Crippen LogP contribution in [0.3, 0.4) is 0 Å². The lowest BCUT2D eigenvalue weighted by Crippen LogP contribution is -2.56. The number of hydrogen-bond acceptors (Lipinski definition) is 6. The molecule has 0 aromatic heterocycles. The number of amides is 2. The highest BCUT2D eigenvalue weighted by Gasteiger charge is 2.35. The monoisotopic (exact) mass is 661 g/mol. The number of nitrogens with zero attached hydrogens (tertiary/aromatic N) is 2. The SMILES string of the molecule is CCS(=O)(=O)N(CC(=O)N(Cc1c(Cl)cccc1Cl)[C@H](Cc1ccccc1)C(=O)NC(C)(C)C)c1ccc2c(c1)OCCO2. The maximum Gasteiger partial charge on any atom is 0.244 e. The summed E-state index contributed by atoms with van der Waals surface area (Å²) < 4.78 is 39.2. The van der Waals surface area contributed by atoms with E-state index in [1.54, 1.807) is 30.3 Å². The van der Waals surface area contributed by atoms with Crippen LogP contribution in [0.2, 0.25) is 10.0 Å². The molecule has 12 heteroatoms. The predicted octanol–water partition coefficient (Wildman–Crippen LogP) is 5.48. The Bertz CT molecular complexity index is 1570. The largest absolute Gasteiger partial charge is 0.486 e. The Balaban J connectivity index is 1.80. The first-order valence-electron chi connectivity index (χ1n) is 14.3. The Morgan fingerprint density at radius 2 is 1.57 bits per heavy atom. The van der Waals surface area contributed by atoms with Gasteiger partial charge in [-0.05, 0) is 57.5 Å². The topological polar surface area (TPSA) is 105 Å². The summed E-state index contributed by atoms with van der Waals surface area (Å²) >= 11 is 13.1. The molecule has 1 heterocycles. The first kappa shape index (κ1) is 33.4. The minimum atomic E-state index is -3.95. The highest BCUT2D eigenvalue weighted by molar-refractivity contribution is 7.92. The number of ether oxygens (including phenoxy) is 2. The number of benzene rings is 3. The molecule has 0 spiro atoms. The van der Waals surface area contributed by atoms with Crippen molar-refractivity contribution in [2.45, 2.75) is 52.2 Å². The molecule has 0 unspecified atom stereocenters. The second-order valence-corrected chi connectivity index (χ2v) is 14.4. The number of fused-ring (bicyclic) bond motifs is 1. The Morgan fingerprint density at radius 3 is 2.18 bits per heavy atom. The molecule has 1 aliphatic rings. The van der Waals surface area contributed by atoms with Crippen molar-refractivity contribution in [3.05, 3.63) is 87.9 Å². The number of rotatable bonds is 11. The molecule has 9 nitrogen and oxygen atoms in total. The second-order valence-electron chi connectivity index (χ2n) is 11.4. The van der Waals surface area contributed by atoms with Gasteiger partial charge in [0, 0.05) is 40.2 Å². The summed E-state index contributed by atoms with van der Waals surface area (Å²) in [5.74, 6) is -0.413. The van der Waals surface area contributed by atoms with Gasteiger partial charge in [0.25, 0.3) is 0 Å². The van der Waals surface area contributed by atoms with Gasteiger partial charge in [0.15, 0.2) is 11.5 Å². The van der Waals surface area contributed by atoms with E-state index in [2.05, 4.69) is 5.32 Å². The second kappa shape index (κ2) is 14.1. The summed E-state index contributed by atoms with van der Waals surface area (Å²) in [6, 6.07) is 18.0. The Morgan fingerprint density at radius 1 is 0.932 bits per heavy atom. The fourth-order valence-electron chi connectivity index (χ4n) is 4.77. The van der Waals surface area contributed by atoms with Gasteiger partial charge < -0.3 is 19.7 Å². The number of sulfonamides is 1. The van der Waals surface area contributed by atoms with Crippen LogP contribution in [0.5, 0.6) is 11.5 Å². The Labute approximate surface area is 269 Å². The van der Waals surface area contributed by atoms with Gasteiger partial charge in [-0.1, -0.05) is 59.6 Å². The molecular weight excluding hydrogens is 625 g/mol. The van der Waals surface area contributed by atoms with Gasteiger partial charge in [0.1, 0.15) is 25.8 Å². The highest BCUT2D eigenvalue weighted by Crippen LogP contribution is 2.35. The average molecular weight is 663 g/mol. The van der Waals surface area contributed by atoms with E-state index >= 15 is 0 Å². The summed E-state index contributed by atoms with van der Waals surface area (Å²) in [6.07, 6.45) is 0.168. The molecule has 3 aromatic carbocycles. The summed E-state index contributed by atoms with van der Waals surface area (Å²) in [6.45, 7) is 7.02. The van der Waals surface area contributed by atoms with Gasteiger partial charge in [0.2, 0.25) is 21.8 Å².